The zero-order valence-corrected chi connectivity index (χ0v) is 8.54. The standard InChI is InChI=1S/C9H18O4/c1-4-11-6-7-13-8(3)9(10)12-5-2/h8H,4-7H2,1-3H3. The molecule has 0 aromatic rings. The fourth-order valence-electron chi connectivity index (χ4n) is 0.756. The van der Waals surface area contributed by atoms with Gasteiger partial charge in [-0.05, 0) is 20.8 Å². The van der Waals surface area contributed by atoms with Gasteiger partial charge in [0.15, 0.2) is 6.10 Å². The van der Waals surface area contributed by atoms with Crippen molar-refractivity contribution in [3.8, 4) is 0 Å². The second kappa shape index (κ2) is 8.01. The molecule has 0 bridgehead atoms. The Morgan fingerprint density at radius 3 is 2.46 bits per heavy atom. The minimum absolute atomic E-state index is 0.320. The van der Waals surface area contributed by atoms with Crippen LogP contribution in [0.4, 0.5) is 0 Å². The van der Waals surface area contributed by atoms with Gasteiger partial charge in [-0.1, -0.05) is 0 Å². The molecule has 0 saturated heterocycles. The van der Waals surface area contributed by atoms with Crippen LogP contribution in [0.15, 0.2) is 0 Å². The molecule has 0 aliphatic rings. The van der Waals surface area contributed by atoms with Gasteiger partial charge in [-0.2, -0.15) is 0 Å². The predicted molar refractivity (Wildman–Crippen MR) is 48.5 cm³/mol. The molecule has 0 radical (unpaired) electrons. The van der Waals surface area contributed by atoms with E-state index in [1.165, 1.54) is 0 Å². The summed E-state index contributed by atoms with van der Waals surface area (Å²) < 4.78 is 15.0. The molecular weight excluding hydrogens is 172 g/mol. The smallest absolute Gasteiger partial charge is 0.334 e. The Morgan fingerprint density at radius 2 is 1.92 bits per heavy atom. The average Bonchev–Trinajstić information content (AvgIpc) is 2.12. The number of ether oxygens (including phenoxy) is 3. The first kappa shape index (κ1) is 12.4. The van der Waals surface area contributed by atoms with Crippen molar-refractivity contribution in [2.45, 2.75) is 26.9 Å². The third kappa shape index (κ3) is 6.54. The van der Waals surface area contributed by atoms with Crippen molar-refractivity contribution in [1.29, 1.82) is 0 Å². The average molecular weight is 190 g/mol. The van der Waals surface area contributed by atoms with Crippen LogP contribution < -0.4 is 0 Å². The number of carbonyl (C=O) groups is 1. The Bertz CT molecular complexity index is 136. The number of esters is 1. The van der Waals surface area contributed by atoms with E-state index in [-0.39, 0.29) is 5.97 Å². The Hall–Kier alpha value is -0.610. The van der Waals surface area contributed by atoms with Crippen LogP contribution in [0.5, 0.6) is 0 Å². The summed E-state index contributed by atoms with van der Waals surface area (Å²) in [5, 5.41) is 0. The molecule has 13 heavy (non-hydrogen) atoms. The molecule has 0 amide bonds. The summed E-state index contributed by atoms with van der Waals surface area (Å²) in [5.41, 5.74) is 0. The topological polar surface area (TPSA) is 44.8 Å². The van der Waals surface area contributed by atoms with Crippen LogP contribution in [0.1, 0.15) is 20.8 Å². The van der Waals surface area contributed by atoms with Gasteiger partial charge in [-0.15, -0.1) is 0 Å². The summed E-state index contributed by atoms with van der Waals surface area (Å²) in [5.74, 6) is -0.320. The second-order valence-corrected chi connectivity index (χ2v) is 2.46. The van der Waals surface area contributed by atoms with Gasteiger partial charge in [0.05, 0.1) is 19.8 Å². The lowest BCUT2D eigenvalue weighted by Crippen LogP contribution is -2.24. The number of carbonyl (C=O) groups excluding carboxylic acids is 1. The normalized spacial score (nSPS) is 12.5. The van der Waals surface area contributed by atoms with Crippen LogP contribution in [0.3, 0.4) is 0 Å². The number of hydrogen-bond donors (Lipinski definition) is 0. The third-order valence-electron chi connectivity index (χ3n) is 1.42. The van der Waals surface area contributed by atoms with Gasteiger partial charge in [-0.25, -0.2) is 4.79 Å². The minimum atomic E-state index is -0.500. The molecule has 0 N–H and O–H groups in total. The monoisotopic (exact) mass is 190 g/mol. The fraction of sp³-hybridized carbons (Fsp3) is 0.889. The summed E-state index contributed by atoms with van der Waals surface area (Å²) in [6, 6.07) is 0. The van der Waals surface area contributed by atoms with E-state index in [0.29, 0.717) is 26.4 Å². The summed E-state index contributed by atoms with van der Waals surface area (Å²) in [7, 11) is 0. The van der Waals surface area contributed by atoms with Crippen LogP contribution in [0.2, 0.25) is 0 Å². The van der Waals surface area contributed by atoms with Crippen molar-refractivity contribution in [3.63, 3.8) is 0 Å². The Balaban J connectivity index is 3.38. The highest BCUT2D eigenvalue weighted by atomic mass is 16.6. The first-order chi connectivity index (χ1) is 6.22. The molecule has 0 heterocycles. The largest absolute Gasteiger partial charge is 0.464 e. The Morgan fingerprint density at radius 1 is 1.23 bits per heavy atom. The van der Waals surface area contributed by atoms with E-state index in [0.717, 1.165) is 0 Å². The lowest BCUT2D eigenvalue weighted by molar-refractivity contribution is -0.156. The van der Waals surface area contributed by atoms with Crippen LogP contribution in [0, 0.1) is 0 Å². The summed E-state index contributed by atoms with van der Waals surface area (Å²) >= 11 is 0. The molecule has 4 nitrogen and oxygen atoms in total. The predicted octanol–water partition coefficient (Wildman–Crippen LogP) is 0.991. The maximum Gasteiger partial charge on any atom is 0.334 e. The highest BCUT2D eigenvalue weighted by Gasteiger charge is 2.13. The number of hydrogen-bond acceptors (Lipinski definition) is 4. The molecule has 0 saturated carbocycles. The fourth-order valence-corrected chi connectivity index (χ4v) is 0.756. The Labute approximate surface area is 79.2 Å². The van der Waals surface area contributed by atoms with Crippen molar-refractivity contribution in [1.82, 2.24) is 0 Å². The first-order valence-electron chi connectivity index (χ1n) is 4.58. The van der Waals surface area contributed by atoms with Crippen LogP contribution in [-0.2, 0) is 19.0 Å². The summed E-state index contributed by atoms with van der Waals surface area (Å²) in [6.45, 7) is 7.34. The maximum absolute atomic E-state index is 11.0. The van der Waals surface area contributed by atoms with E-state index in [2.05, 4.69) is 0 Å². The molecule has 0 fully saturated rings. The lowest BCUT2D eigenvalue weighted by atomic mass is 10.4. The van der Waals surface area contributed by atoms with E-state index in [9.17, 15) is 4.79 Å². The van der Waals surface area contributed by atoms with Crippen molar-refractivity contribution >= 4 is 5.97 Å². The third-order valence-corrected chi connectivity index (χ3v) is 1.42. The van der Waals surface area contributed by atoms with Gasteiger partial charge >= 0.3 is 5.97 Å². The van der Waals surface area contributed by atoms with Crippen molar-refractivity contribution < 1.29 is 19.0 Å². The molecule has 4 heteroatoms. The second-order valence-electron chi connectivity index (χ2n) is 2.46. The minimum Gasteiger partial charge on any atom is -0.464 e. The molecule has 0 aromatic carbocycles. The van der Waals surface area contributed by atoms with Gasteiger partial charge < -0.3 is 14.2 Å². The zero-order valence-electron chi connectivity index (χ0n) is 8.54. The van der Waals surface area contributed by atoms with Crippen LogP contribution in [-0.4, -0.2) is 38.5 Å². The van der Waals surface area contributed by atoms with Gasteiger partial charge in [0.1, 0.15) is 0 Å². The lowest BCUT2D eigenvalue weighted by Gasteiger charge is -2.11. The van der Waals surface area contributed by atoms with Crippen molar-refractivity contribution in [2.24, 2.45) is 0 Å². The highest BCUT2D eigenvalue weighted by Crippen LogP contribution is 1.94. The molecule has 0 aliphatic heterocycles. The van der Waals surface area contributed by atoms with E-state index >= 15 is 0 Å². The molecule has 0 rings (SSSR count). The van der Waals surface area contributed by atoms with Crippen molar-refractivity contribution in [3.05, 3.63) is 0 Å². The van der Waals surface area contributed by atoms with Gasteiger partial charge in [0.25, 0.3) is 0 Å². The molecule has 1 unspecified atom stereocenters. The number of rotatable bonds is 7. The SMILES string of the molecule is CCOCCOC(C)C(=O)OCC. The van der Waals surface area contributed by atoms with Gasteiger partial charge in [0.2, 0.25) is 0 Å². The maximum atomic E-state index is 11.0. The van der Waals surface area contributed by atoms with E-state index in [1.54, 1.807) is 13.8 Å². The highest BCUT2D eigenvalue weighted by molar-refractivity contribution is 5.74. The quantitative estimate of drug-likeness (QED) is 0.443. The van der Waals surface area contributed by atoms with Crippen molar-refractivity contribution in [2.75, 3.05) is 26.4 Å². The van der Waals surface area contributed by atoms with E-state index < -0.39 is 6.10 Å². The van der Waals surface area contributed by atoms with Gasteiger partial charge in [0, 0.05) is 6.61 Å². The molecular formula is C9H18O4. The zero-order chi connectivity index (χ0) is 10.1. The van der Waals surface area contributed by atoms with Crippen LogP contribution in [0.25, 0.3) is 0 Å². The van der Waals surface area contributed by atoms with Gasteiger partial charge in [-0.3, -0.25) is 0 Å². The molecule has 0 aromatic heterocycles. The molecule has 78 valence electrons. The Kier molecular flexibility index (Phi) is 7.63. The first-order valence-corrected chi connectivity index (χ1v) is 4.58. The van der Waals surface area contributed by atoms with E-state index in [1.807, 2.05) is 6.92 Å². The van der Waals surface area contributed by atoms with Crippen LogP contribution >= 0.6 is 0 Å². The summed E-state index contributed by atoms with van der Waals surface area (Å²) in [4.78, 5) is 11.0. The summed E-state index contributed by atoms with van der Waals surface area (Å²) in [6.07, 6.45) is -0.500. The molecule has 0 aliphatic carbocycles. The molecule has 1 atom stereocenters. The van der Waals surface area contributed by atoms with E-state index in [4.69, 9.17) is 14.2 Å². The molecule has 0 spiro atoms.